The molecule has 0 saturated heterocycles. The fraction of sp³-hybridized carbons (Fsp3) is 0.133. The summed E-state index contributed by atoms with van der Waals surface area (Å²) in [5.41, 5.74) is 2.06. The Kier molecular flexibility index (Phi) is 3.61. The molecule has 0 aliphatic carbocycles. The van der Waals surface area contributed by atoms with Crippen molar-refractivity contribution in [3.05, 3.63) is 53.0 Å². The lowest BCUT2D eigenvalue weighted by Gasteiger charge is -2.13. The van der Waals surface area contributed by atoms with Crippen molar-refractivity contribution in [1.29, 1.82) is 0 Å². The summed E-state index contributed by atoms with van der Waals surface area (Å²) in [6.07, 6.45) is 0. The Balaban J connectivity index is 1.91. The Hall–Kier alpha value is -2.74. The fourth-order valence-corrected chi connectivity index (χ4v) is 3.22. The standard InChI is InChI=1S/C15H15N3O4S/c1-18(2)11-5-3-10(4-6-11)17-23(20,21)12-7-8-14-13(9-12)16-15(19)22-14/h3-9,17H,1-2H3,(H,16,19). The van der Waals surface area contributed by atoms with Crippen molar-refractivity contribution in [1.82, 2.24) is 4.98 Å². The molecule has 1 heterocycles. The van der Waals surface area contributed by atoms with Crippen molar-refractivity contribution in [2.24, 2.45) is 0 Å². The van der Waals surface area contributed by atoms with Crippen molar-refractivity contribution in [2.75, 3.05) is 23.7 Å². The van der Waals surface area contributed by atoms with E-state index in [1.807, 2.05) is 31.1 Å². The first-order valence-electron chi connectivity index (χ1n) is 6.78. The monoisotopic (exact) mass is 333 g/mol. The predicted octanol–water partition coefficient (Wildman–Crippen LogP) is 1.99. The number of hydrogen-bond acceptors (Lipinski definition) is 5. The lowest BCUT2D eigenvalue weighted by atomic mass is 10.3. The van der Waals surface area contributed by atoms with Gasteiger partial charge in [-0.2, -0.15) is 0 Å². The highest BCUT2D eigenvalue weighted by atomic mass is 32.2. The molecule has 7 nitrogen and oxygen atoms in total. The summed E-state index contributed by atoms with van der Waals surface area (Å²) in [5, 5.41) is 0. The van der Waals surface area contributed by atoms with E-state index in [1.54, 1.807) is 12.1 Å². The molecule has 0 amide bonds. The zero-order valence-electron chi connectivity index (χ0n) is 12.5. The zero-order valence-corrected chi connectivity index (χ0v) is 13.3. The molecular weight excluding hydrogens is 318 g/mol. The molecule has 3 rings (SSSR count). The van der Waals surface area contributed by atoms with Gasteiger partial charge in [0.15, 0.2) is 5.58 Å². The molecule has 0 unspecified atom stereocenters. The number of nitrogens with one attached hydrogen (secondary N) is 2. The maximum Gasteiger partial charge on any atom is 0.417 e. The average Bonchev–Trinajstić information content (AvgIpc) is 2.86. The third-order valence-corrected chi connectivity index (χ3v) is 4.72. The number of aromatic nitrogens is 1. The van der Waals surface area contributed by atoms with E-state index in [4.69, 9.17) is 4.42 Å². The number of aromatic amines is 1. The van der Waals surface area contributed by atoms with Gasteiger partial charge < -0.3 is 9.32 Å². The van der Waals surface area contributed by atoms with E-state index < -0.39 is 15.8 Å². The van der Waals surface area contributed by atoms with Gasteiger partial charge in [0.1, 0.15) is 0 Å². The molecule has 2 N–H and O–H groups in total. The van der Waals surface area contributed by atoms with E-state index in [0.717, 1.165) is 5.69 Å². The summed E-state index contributed by atoms with van der Waals surface area (Å²) in [5.74, 6) is -0.623. The van der Waals surface area contributed by atoms with Gasteiger partial charge in [0.05, 0.1) is 10.4 Å². The van der Waals surface area contributed by atoms with Gasteiger partial charge in [0.25, 0.3) is 10.0 Å². The quantitative estimate of drug-likeness (QED) is 0.761. The summed E-state index contributed by atoms with van der Waals surface area (Å²) < 4.78 is 32.2. The van der Waals surface area contributed by atoms with Gasteiger partial charge in [-0.25, -0.2) is 13.2 Å². The maximum atomic E-state index is 12.4. The Labute approximate surface area is 132 Å². The Morgan fingerprint density at radius 2 is 1.78 bits per heavy atom. The molecule has 120 valence electrons. The van der Waals surface area contributed by atoms with E-state index in [-0.39, 0.29) is 4.90 Å². The van der Waals surface area contributed by atoms with Gasteiger partial charge >= 0.3 is 5.76 Å². The maximum absolute atomic E-state index is 12.4. The summed E-state index contributed by atoms with van der Waals surface area (Å²) in [7, 11) is 0.0498. The second kappa shape index (κ2) is 5.47. The van der Waals surface area contributed by atoms with Crippen LogP contribution in [0.2, 0.25) is 0 Å². The van der Waals surface area contributed by atoms with Crippen LogP contribution in [-0.2, 0) is 10.0 Å². The van der Waals surface area contributed by atoms with E-state index in [2.05, 4.69) is 9.71 Å². The minimum absolute atomic E-state index is 0.0405. The second-order valence-corrected chi connectivity index (χ2v) is 6.90. The predicted molar refractivity (Wildman–Crippen MR) is 88.4 cm³/mol. The van der Waals surface area contributed by atoms with Crippen LogP contribution in [0.1, 0.15) is 0 Å². The molecule has 23 heavy (non-hydrogen) atoms. The van der Waals surface area contributed by atoms with Crippen LogP contribution in [0, 0.1) is 0 Å². The van der Waals surface area contributed by atoms with Crippen LogP contribution < -0.4 is 15.4 Å². The zero-order chi connectivity index (χ0) is 16.6. The lowest BCUT2D eigenvalue weighted by Crippen LogP contribution is -2.13. The number of hydrogen-bond donors (Lipinski definition) is 2. The van der Waals surface area contributed by atoms with Crippen LogP contribution in [0.15, 0.2) is 56.6 Å². The lowest BCUT2D eigenvalue weighted by molar-refractivity contribution is 0.555. The summed E-state index contributed by atoms with van der Waals surface area (Å²) >= 11 is 0. The number of oxazole rings is 1. The van der Waals surface area contributed by atoms with Crippen LogP contribution in [0.3, 0.4) is 0 Å². The molecule has 0 radical (unpaired) electrons. The SMILES string of the molecule is CN(C)c1ccc(NS(=O)(=O)c2ccc3oc(=O)[nH]c3c2)cc1. The smallest absolute Gasteiger partial charge is 0.408 e. The van der Waals surface area contributed by atoms with Crippen molar-refractivity contribution in [2.45, 2.75) is 4.90 Å². The molecule has 0 aliphatic rings. The molecule has 0 bridgehead atoms. The summed E-state index contributed by atoms with van der Waals surface area (Å²) in [6, 6.07) is 11.2. The summed E-state index contributed by atoms with van der Waals surface area (Å²) in [6.45, 7) is 0. The number of nitrogens with zero attached hydrogens (tertiary/aromatic N) is 1. The molecule has 0 aliphatic heterocycles. The normalized spacial score (nSPS) is 11.6. The van der Waals surface area contributed by atoms with Gasteiger partial charge in [-0.15, -0.1) is 0 Å². The molecule has 0 saturated carbocycles. The van der Waals surface area contributed by atoms with Crippen molar-refractivity contribution in [3.63, 3.8) is 0 Å². The topological polar surface area (TPSA) is 95.4 Å². The van der Waals surface area contributed by atoms with Crippen molar-refractivity contribution in [3.8, 4) is 0 Å². The molecule has 3 aromatic rings. The number of fused-ring (bicyclic) bond motifs is 1. The molecule has 0 atom stereocenters. The van der Waals surface area contributed by atoms with Crippen molar-refractivity contribution < 1.29 is 12.8 Å². The molecular formula is C15H15N3O4S. The number of rotatable bonds is 4. The van der Waals surface area contributed by atoms with Gasteiger partial charge in [-0.1, -0.05) is 0 Å². The van der Waals surface area contributed by atoms with Gasteiger partial charge in [-0.05, 0) is 42.5 Å². The van der Waals surface area contributed by atoms with Crippen LogP contribution in [0.4, 0.5) is 11.4 Å². The first-order chi connectivity index (χ1) is 10.8. The van der Waals surface area contributed by atoms with Crippen LogP contribution in [-0.4, -0.2) is 27.5 Å². The molecule has 0 spiro atoms. The van der Waals surface area contributed by atoms with Gasteiger partial charge in [0.2, 0.25) is 0 Å². The van der Waals surface area contributed by atoms with E-state index in [0.29, 0.717) is 16.8 Å². The Morgan fingerprint density at radius 1 is 1.09 bits per heavy atom. The molecule has 8 heteroatoms. The molecule has 2 aromatic carbocycles. The fourth-order valence-electron chi connectivity index (χ4n) is 2.14. The minimum Gasteiger partial charge on any atom is -0.408 e. The second-order valence-electron chi connectivity index (χ2n) is 5.22. The number of benzene rings is 2. The average molecular weight is 333 g/mol. The highest BCUT2D eigenvalue weighted by Gasteiger charge is 2.16. The number of H-pyrrole nitrogens is 1. The molecule has 1 aromatic heterocycles. The van der Waals surface area contributed by atoms with Crippen LogP contribution >= 0.6 is 0 Å². The first kappa shape index (κ1) is 15.2. The summed E-state index contributed by atoms with van der Waals surface area (Å²) in [4.78, 5) is 15.5. The van der Waals surface area contributed by atoms with Gasteiger partial charge in [-0.3, -0.25) is 9.71 Å². The number of sulfonamides is 1. The van der Waals surface area contributed by atoms with E-state index >= 15 is 0 Å². The minimum atomic E-state index is -3.76. The van der Waals surface area contributed by atoms with Crippen molar-refractivity contribution >= 4 is 32.5 Å². The highest BCUT2D eigenvalue weighted by molar-refractivity contribution is 7.92. The third kappa shape index (κ3) is 3.07. The molecule has 0 fully saturated rings. The van der Waals surface area contributed by atoms with Crippen LogP contribution in [0.5, 0.6) is 0 Å². The Bertz CT molecular complexity index is 1000. The highest BCUT2D eigenvalue weighted by Crippen LogP contribution is 2.21. The number of anilines is 2. The van der Waals surface area contributed by atoms with E-state index in [1.165, 1.54) is 18.2 Å². The third-order valence-electron chi connectivity index (χ3n) is 3.34. The Morgan fingerprint density at radius 3 is 2.43 bits per heavy atom. The van der Waals surface area contributed by atoms with E-state index in [9.17, 15) is 13.2 Å². The van der Waals surface area contributed by atoms with Gasteiger partial charge in [0, 0.05) is 25.5 Å². The first-order valence-corrected chi connectivity index (χ1v) is 8.26. The van der Waals surface area contributed by atoms with Crippen LogP contribution in [0.25, 0.3) is 11.1 Å². The largest absolute Gasteiger partial charge is 0.417 e.